The minimum absolute atomic E-state index is 0.0875. The number of carbonyl (C=O) groups excluding carboxylic acids is 2. The van der Waals surface area contributed by atoms with Crippen molar-refractivity contribution in [3.05, 3.63) is 101 Å². The molecule has 0 aromatic heterocycles. The first-order valence-electron chi connectivity index (χ1n) is 13.7. The summed E-state index contributed by atoms with van der Waals surface area (Å²) in [7, 11) is 3.83. The fourth-order valence-electron chi connectivity index (χ4n) is 4.72. The van der Waals surface area contributed by atoms with Gasteiger partial charge in [-0.05, 0) is 74.5 Å². The van der Waals surface area contributed by atoms with Gasteiger partial charge in [0, 0.05) is 18.7 Å². The number of aryl methyl sites for hydroxylation is 1. The number of hydrogen-bond acceptors (Lipinski definition) is 6. The minimum atomic E-state index is -0.719. The van der Waals surface area contributed by atoms with Crippen LogP contribution >= 0.6 is 0 Å². The van der Waals surface area contributed by atoms with Crippen LogP contribution in [-0.4, -0.2) is 60.4 Å². The number of nitrogens with zero attached hydrogens (tertiary/aromatic N) is 2. The van der Waals surface area contributed by atoms with Crippen LogP contribution in [0.4, 0.5) is 0 Å². The van der Waals surface area contributed by atoms with Crippen molar-refractivity contribution in [2.75, 3.05) is 33.8 Å². The summed E-state index contributed by atoms with van der Waals surface area (Å²) >= 11 is 0. The lowest BCUT2D eigenvalue weighted by Crippen LogP contribution is -2.35. The summed E-state index contributed by atoms with van der Waals surface area (Å²) in [6.07, 6.45) is 1.99. The molecule has 1 aliphatic heterocycles. The summed E-state index contributed by atoms with van der Waals surface area (Å²) in [6.45, 7) is 5.92. The summed E-state index contributed by atoms with van der Waals surface area (Å²) in [5, 5.41) is 11.5. The Balaban J connectivity index is 1.67. The molecule has 0 radical (unpaired) electrons. The molecule has 1 atom stereocenters. The smallest absolute Gasteiger partial charge is 0.295 e. The number of carbonyl (C=O) groups is 2. The summed E-state index contributed by atoms with van der Waals surface area (Å²) in [5.74, 6) is -0.107. The van der Waals surface area contributed by atoms with E-state index in [1.165, 1.54) is 0 Å². The Morgan fingerprint density at radius 1 is 0.950 bits per heavy atom. The first kappa shape index (κ1) is 28.9. The lowest BCUT2D eigenvalue weighted by atomic mass is 9.94. The average Bonchev–Trinajstić information content (AvgIpc) is 3.20. The maximum Gasteiger partial charge on any atom is 0.295 e. The molecule has 1 N–H and O–H groups in total. The van der Waals surface area contributed by atoms with Gasteiger partial charge >= 0.3 is 0 Å². The van der Waals surface area contributed by atoms with E-state index in [4.69, 9.17) is 9.47 Å². The number of benzene rings is 3. The molecular weight excluding hydrogens is 504 g/mol. The molecule has 1 unspecified atom stereocenters. The van der Waals surface area contributed by atoms with Gasteiger partial charge in [-0.2, -0.15) is 0 Å². The van der Waals surface area contributed by atoms with Crippen LogP contribution in [0.1, 0.15) is 48.1 Å². The number of ketones is 1. The lowest BCUT2D eigenvalue weighted by Gasteiger charge is -2.27. The Bertz CT molecular complexity index is 1350. The van der Waals surface area contributed by atoms with Crippen LogP contribution in [0.3, 0.4) is 0 Å². The van der Waals surface area contributed by atoms with Crippen molar-refractivity contribution in [1.82, 2.24) is 9.80 Å². The molecule has 0 bridgehead atoms. The van der Waals surface area contributed by atoms with E-state index in [-0.39, 0.29) is 11.3 Å². The maximum atomic E-state index is 13.4. The van der Waals surface area contributed by atoms with Gasteiger partial charge in [0.25, 0.3) is 11.7 Å². The minimum Gasteiger partial charge on any atom is -0.507 e. The lowest BCUT2D eigenvalue weighted by molar-refractivity contribution is -0.140. The second-order valence-corrected chi connectivity index (χ2v) is 10.3. The molecule has 0 aliphatic carbocycles. The zero-order chi connectivity index (χ0) is 28.6. The first-order valence-corrected chi connectivity index (χ1v) is 13.7. The summed E-state index contributed by atoms with van der Waals surface area (Å²) in [5.41, 5.74) is 3.13. The highest BCUT2D eigenvalue weighted by Gasteiger charge is 2.46. The molecular formula is C33H38N2O5. The molecule has 40 heavy (non-hydrogen) atoms. The van der Waals surface area contributed by atoms with Gasteiger partial charge in [0.05, 0.1) is 18.2 Å². The van der Waals surface area contributed by atoms with Crippen molar-refractivity contribution in [2.45, 2.75) is 39.3 Å². The predicted octanol–water partition coefficient (Wildman–Crippen LogP) is 5.74. The summed E-state index contributed by atoms with van der Waals surface area (Å²) in [6, 6.07) is 21.9. The van der Waals surface area contributed by atoms with Gasteiger partial charge in [0.1, 0.15) is 23.9 Å². The second-order valence-electron chi connectivity index (χ2n) is 10.3. The maximum absolute atomic E-state index is 13.4. The topological polar surface area (TPSA) is 79.3 Å². The summed E-state index contributed by atoms with van der Waals surface area (Å²) < 4.78 is 11.7. The van der Waals surface area contributed by atoms with E-state index in [1.54, 1.807) is 17.0 Å². The van der Waals surface area contributed by atoms with Crippen molar-refractivity contribution in [3.8, 4) is 11.5 Å². The second kappa shape index (κ2) is 13.3. The number of hydrogen-bond donors (Lipinski definition) is 1. The Hall–Kier alpha value is -4.10. The fourth-order valence-corrected chi connectivity index (χ4v) is 4.72. The third-order valence-corrected chi connectivity index (χ3v) is 6.99. The number of amides is 1. The Morgan fingerprint density at radius 3 is 2.30 bits per heavy atom. The predicted molar refractivity (Wildman–Crippen MR) is 156 cm³/mol. The van der Waals surface area contributed by atoms with E-state index >= 15 is 0 Å². The Labute approximate surface area is 236 Å². The standard InChI is InChI=1S/C33H38N2O5/c1-5-6-20-39-27-16-17-28(23(2)21-27)31(36)29-30(35(19-18-34(3)4)33(38)32(29)37)25-12-14-26(15-13-25)40-22-24-10-8-7-9-11-24/h7-17,21,30,36H,5-6,18-20,22H2,1-4H3/b31-29+. The van der Waals surface area contributed by atoms with Crippen LogP contribution in [0.2, 0.25) is 0 Å². The van der Waals surface area contributed by atoms with Crippen LogP contribution in [0.25, 0.3) is 5.76 Å². The summed E-state index contributed by atoms with van der Waals surface area (Å²) in [4.78, 5) is 30.1. The number of rotatable bonds is 12. The van der Waals surface area contributed by atoms with Crippen LogP contribution in [0, 0.1) is 6.92 Å². The Morgan fingerprint density at radius 2 is 1.65 bits per heavy atom. The van der Waals surface area contributed by atoms with Gasteiger partial charge in [0.15, 0.2) is 0 Å². The van der Waals surface area contributed by atoms with Gasteiger partial charge in [-0.15, -0.1) is 0 Å². The molecule has 1 heterocycles. The van der Waals surface area contributed by atoms with Gasteiger partial charge in [-0.3, -0.25) is 9.59 Å². The molecule has 1 amide bonds. The largest absolute Gasteiger partial charge is 0.507 e. The van der Waals surface area contributed by atoms with E-state index in [0.29, 0.717) is 43.4 Å². The molecule has 7 nitrogen and oxygen atoms in total. The zero-order valence-corrected chi connectivity index (χ0v) is 23.7. The number of likely N-dealkylation sites (tertiary alicyclic amines) is 1. The molecule has 210 valence electrons. The van der Waals surface area contributed by atoms with Crippen molar-refractivity contribution < 1.29 is 24.2 Å². The molecule has 1 saturated heterocycles. The highest BCUT2D eigenvalue weighted by atomic mass is 16.5. The van der Waals surface area contributed by atoms with Crippen LogP contribution in [0.15, 0.2) is 78.4 Å². The van der Waals surface area contributed by atoms with E-state index in [9.17, 15) is 14.7 Å². The van der Waals surface area contributed by atoms with Gasteiger partial charge in [0.2, 0.25) is 0 Å². The molecule has 1 aliphatic rings. The number of Topliss-reactive ketones (excluding diaryl/α,β-unsaturated/α-hetero) is 1. The molecule has 7 heteroatoms. The third-order valence-electron chi connectivity index (χ3n) is 6.99. The van der Waals surface area contributed by atoms with Crippen LogP contribution in [0.5, 0.6) is 11.5 Å². The third kappa shape index (κ3) is 6.72. The van der Waals surface area contributed by atoms with Crippen molar-refractivity contribution in [3.63, 3.8) is 0 Å². The number of unbranched alkanes of at least 4 members (excludes halogenated alkanes) is 1. The molecule has 3 aromatic rings. The molecule has 0 saturated carbocycles. The van der Waals surface area contributed by atoms with Crippen molar-refractivity contribution in [2.24, 2.45) is 0 Å². The van der Waals surface area contributed by atoms with Crippen molar-refractivity contribution >= 4 is 17.4 Å². The average molecular weight is 543 g/mol. The van der Waals surface area contributed by atoms with Crippen LogP contribution < -0.4 is 9.47 Å². The number of ether oxygens (including phenoxy) is 2. The monoisotopic (exact) mass is 542 g/mol. The Kier molecular flexibility index (Phi) is 9.61. The molecule has 4 rings (SSSR count). The van der Waals surface area contributed by atoms with E-state index in [0.717, 1.165) is 29.5 Å². The molecule has 3 aromatic carbocycles. The number of likely N-dealkylation sites (N-methyl/N-ethyl adjacent to an activating group) is 1. The fraction of sp³-hybridized carbons (Fsp3) is 0.333. The van der Waals surface area contributed by atoms with Gasteiger partial charge in [-0.25, -0.2) is 0 Å². The van der Waals surface area contributed by atoms with Crippen LogP contribution in [-0.2, 0) is 16.2 Å². The van der Waals surface area contributed by atoms with Gasteiger partial charge in [-0.1, -0.05) is 55.8 Å². The normalized spacial score (nSPS) is 16.5. The highest BCUT2D eigenvalue weighted by Crippen LogP contribution is 2.40. The van der Waals surface area contributed by atoms with E-state index < -0.39 is 17.7 Å². The highest BCUT2D eigenvalue weighted by molar-refractivity contribution is 6.46. The first-order chi connectivity index (χ1) is 19.3. The van der Waals surface area contributed by atoms with E-state index in [1.807, 2.05) is 86.6 Å². The zero-order valence-electron chi connectivity index (χ0n) is 23.7. The van der Waals surface area contributed by atoms with Gasteiger partial charge < -0.3 is 24.4 Å². The van der Waals surface area contributed by atoms with Crippen molar-refractivity contribution in [1.29, 1.82) is 0 Å². The molecule has 1 fully saturated rings. The molecule has 0 spiro atoms. The van der Waals surface area contributed by atoms with E-state index in [2.05, 4.69) is 6.92 Å². The number of aliphatic hydroxyl groups is 1. The quantitative estimate of drug-likeness (QED) is 0.136. The number of aliphatic hydroxyl groups excluding tert-OH is 1. The SMILES string of the molecule is CCCCOc1ccc(/C(O)=C2\C(=O)C(=O)N(CCN(C)C)C2c2ccc(OCc3ccccc3)cc2)c(C)c1.